The maximum absolute atomic E-state index is 12.6. The first-order valence-electron chi connectivity index (χ1n) is 7.22. The fourth-order valence-electron chi connectivity index (χ4n) is 2.63. The summed E-state index contributed by atoms with van der Waals surface area (Å²) in [5.41, 5.74) is 5.91. The molecule has 0 radical (unpaired) electrons. The highest BCUT2D eigenvalue weighted by atomic mass is 32.1. The molecule has 0 bridgehead atoms. The van der Waals surface area contributed by atoms with Crippen LogP contribution in [-0.4, -0.2) is 34.4 Å². The van der Waals surface area contributed by atoms with E-state index in [1.54, 1.807) is 0 Å². The van der Waals surface area contributed by atoms with E-state index in [0.29, 0.717) is 16.6 Å². The lowest BCUT2D eigenvalue weighted by molar-refractivity contribution is 0.0594. The molecule has 2 rings (SSSR count). The number of hydrogen-bond acceptors (Lipinski definition) is 5. The first-order valence-corrected chi connectivity index (χ1v) is 8.04. The van der Waals surface area contributed by atoms with Gasteiger partial charge in [0.1, 0.15) is 10.7 Å². The molecule has 1 aliphatic rings. The monoisotopic (exact) mass is 296 g/mol. The molecule has 2 heterocycles. The third-order valence-electron chi connectivity index (χ3n) is 3.66. The van der Waals surface area contributed by atoms with Crippen LogP contribution in [0.2, 0.25) is 0 Å². The highest BCUT2D eigenvalue weighted by Crippen LogP contribution is 2.30. The van der Waals surface area contributed by atoms with E-state index in [1.807, 2.05) is 18.7 Å². The molecule has 0 saturated carbocycles. The van der Waals surface area contributed by atoms with Crippen molar-refractivity contribution in [3.05, 3.63) is 4.88 Å². The number of nitrogens with two attached hydrogens (primary N) is 1. The lowest BCUT2D eigenvalue weighted by Gasteiger charge is -2.36. The van der Waals surface area contributed by atoms with Crippen LogP contribution in [0.3, 0.4) is 0 Å². The molecular formula is C14H24N4OS. The summed E-state index contributed by atoms with van der Waals surface area (Å²) in [6.45, 7) is 9.23. The van der Waals surface area contributed by atoms with Crippen molar-refractivity contribution in [3.63, 3.8) is 0 Å². The number of likely N-dealkylation sites (tertiary alicyclic amines) is 1. The minimum Gasteiger partial charge on any atom is -0.382 e. The van der Waals surface area contributed by atoms with E-state index in [-0.39, 0.29) is 18.0 Å². The molecule has 1 amide bonds. The molecule has 6 heteroatoms. The van der Waals surface area contributed by atoms with Crippen LogP contribution in [0, 0.1) is 5.92 Å². The number of carbonyl (C=O) groups excluding carboxylic acids is 1. The summed E-state index contributed by atoms with van der Waals surface area (Å²) in [4.78, 5) is 19.4. The number of anilines is 2. The summed E-state index contributed by atoms with van der Waals surface area (Å²) in [6, 6.07) is 0.549. The molecule has 1 aromatic heterocycles. The molecule has 0 aliphatic carbocycles. The molecule has 0 spiro atoms. The van der Waals surface area contributed by atoms with Gasteiger partial charge in [-0.2, -0.15) is 0 Å². The fourth-order valence-corrected chi connectivity index (χ4v) is 3.62. The van der Waals surface area contributed by atoms with Gasteiger partial charge in [-0.05, 0) is 39.5 Å². The van der Waals surface area contributed by atoms with Gasteiger partial charge in [0.15, 0.2) is 5.13 Å². The second-order valence-electron chi connectivity index (χ2n) is 6.01. The summed E-state index contributed by atoms with van der Waals surface area (Å²) in [5, 5.41) is 3.92. The summed E-state index contributed by atoms with van der Waals surface area (Å²) >= 11 is 1.35. The molecule has 0 aromatic carbocycles. The number of nitrogen functional groups attached to an aromatic ring is 1. The maximum atomic E-state index is 12.6. The van der Waals surface area contributed by atoms with Gasteiger partial charge in [-0.1, -0.05) is 18.3 Å². The topological polar surface area (TPSA) is 71.2 Å². The maximum Gasteiger partial charge on any atom is 0.268 e. The van der Waals surface area contributed by atoms with Crippen molar-refractivity contribution >= 4 is 28.2 Å². The third-order valence-corrected chi connectivity index (χ3v) is 4.65. The van der Waals surface area contributed by atoms with Crippen LogP contribution in [0.25, 0.3) is 0 Å². The average Bonchev–Trinajstić information content (AvgIpc) is 2.68. The molecule has 3 N–H and O–H groups in total. The van der Waals surface area contributed by atoms with Crippen LogP contribution in [0.1, 0.15) is 50.2 Å². The first kappa shape index (κ1) is 15.1. The number of rotatable bonds is 3. The Kier molecular flexibility index (Phi) is 4.52. The van der Waals surface area contributed by atoms with Gasteiger partial charge in [-0.15, -0.1) is 0 Å². The zero-order valence-electron chi connectivity index (χ0n) is 12.6. The number of aromatic nitrogens is 1. The van der Waals surface area contributed by atoms with Crippen molar-refractivity contribution < 1.29 is 4.79 Å². The van der Waals surface area contributed by atoms with E-state index in [4.69, 9.17) is 5.73 Å². The minimum atomic E-state index is 0.0243. The van der Waals surface area contributed by atoms with Gasteiger partial charge in [-0.25, -0.2) is 4.98 Å². The highest BCUT2D eigenvalue weighted by molar-refractivity contribution is 7.18. The van der Waals surface area contributed by atoms with Crippen LogP contribution in [0.15, 0.2) is 0 Å². The Morgan fingerprint density at radius 2 is 2.20 bits per heavy atom. The van der Waals surface area contributed by atoms with Crippen LogP contribution in [-0.2, 0) is 0 Å². The molecule has 112 valence electrons. The SMILES string of the molecule is CC1CCN(C(=O)c2sc(NC(C)C)nc2N)C(C)C1. The zero-order valence-corrected chi connectivity index (χ0v) is 13.5. The smallest absolute Gasteiger partial charge is 0.268 e. The van der Waals surface area contributed by atoms with Gasteiger partial charge in [-0.3, -0.25) is 4.79 Å². The van der Waals surface area contributed by atoms with E-state index in [2.05, 4.69) is 24.1 Å². The van der Waals surface area contributed by atoms with Gasteiger partial charge in [0.25, 0.3) is 5.91 Å². The molecule has 2 unspecified atom stereocenters. The van der Waals surface area contributed by atoms with Gasteiger partial charge >= 0.3 is 0 Å². The summed E-state index contributed by atoms with van der Waals surface area (Å²) in [6.07, 6.45) is 2.12. The number of amides is 1. The second kappa shape index (κ2) is 5.99. The van der Waals surface area contributed by atoms with Crippen molar-refractivity contribution in [2.75, 3.05) is 17.6 Å². The third kappa shape index (κ3) is 3.23. The lowest BCUT2D eigenvalue weighted by Crippen LogP contribution is -2.44. The van der Waals surface area contributed by atoms with Gasteiger partial charge < -0.3 is 16.0 Å². The van der Waals surface area contributed by atoms with E-state index in [0.717, 1.165) is 24.5 Å². The Bertz CT molecular complexity index is 486. The van der Waals surface area contributed by atoms with Gasteiger partial charge in [0.2, 0.25) is 0 Å². The highest BCUT2D eigenvalue weighted by Gasteiger charge is 2.30. The molecule has 1 saturated heterocycles. The molecule has 1 aromatic rings. The number of nitrogens with one attached hydrogen (secondary N) is 1. The van der Waals surface area contributed by atoms with E-state index in [9.17, 15) is 4.79 Å². The molecule has 20 heavy (non-hydrogen) atoms. The Labute approximate surface area is 124 Å². The minimum absolute atomic E-state index is 0.0243. The predicted molar refractivity (Wildman–Crippen MR) is 84.2 cm³/mol. The first-order chi connectivity index (χ1) is 9.38. The van der Waals surface area contributed by atoms with E-state index < -0.39 is 0 Å². The van der Waals surface area contributed by atoms with Gasteiger partial charge in [0.05, 0.1) is 0 Å². The number of piperidine rings is 1. The predicted octanol–water partition coefficient (Wildman–Crippen LogP) is 2.81. The Morgan fingerprint density at radius 1 is 1.50 bits per heavy atom. The standard InChI is InChI=1S/C14H24N4OS/c1-8(2)16-14-17-12(15)11(20-14)13(19)18-6-5-9(3)7-10(18)4/h8-10H,5-7,15H2,1-4H3,(H,16,17). The molecule has 2 atom stereocenters. The molecular weight excluding hydrogens is 272 g/mol. The van der Waals surface area contributed by atoms with Crippen LogP contribution in [0.4, 0.5) is 10.9 Å². The number of thiazole rings is 1. The summed E-state index contributed by atoms with van der Waals surface area (Å²) in [7, 11) is 0. The Morgan fingerprint density at radius 3 is 2.80 bits per heavy atom. The van der Waals surface area contributed by atoms with Crippen molar-refractivity contribution in [3.8, 4) is 0 Å². The van der Waals surface area contributed by atoms with Crippen molar-refractivity contribution in [1.29, 1.82) is 0 Å². The van der Waals surface area contributed by atoms with Crippen LogP contribution >= 0.6 is 11.3 Å². The largest absolute Gasteiger partial charge is 0.382 e. The summed E-state index contributed by atoms with van der Waals surface area (Å²) < 4.78 is 0. The van der Waals surface area contributed by atoms with E-state index in [1.165, 1.54) is 11.3 Å². The number of hydrogen-bond donors (Lipinski definition) is 2. The number of carbonyl (C=O) groups is 1. The normalized spacial score (nSPS) is 23.1. The molecule has 5 nitrogen and oxygen atoms in total. The van der Waals surface area contributed by atoms with E-state index >= 15 is 0 Å². The molecule has 1 fully saturated rings. The van der Waals surface area contributed by atoms with Crippen molar-refractivity contribution in [1.82, 2.24) is 9.88 Å². The average molecular weight is 296 g/mol. The quantitative estimate of drug-likeness (QED) is 0.899. The summed E-state index contributed by atoms with van der Waals surface area (Å²) in [5.74, 6) is 1.05. The Balaban J connectivity index is 2.14. The zero-order chi connectivity index (χ0) is 14.9. The van der Waals surface area contributed by atoms with Gasteiger partial charge in [0, 0.05) is 18.6 Å². The van der Waals surface area contributed by atoms with Crippen molar-refractivity contribution in [2.45, 2.75) is 52.6 Å². The molecule has 1 aliphatic heterocycles. The van der Waals surface area contributed by atoms with Crippen LogP contribution < -0.4 is 11.1 Å². The second-order valence-corrected chi connectivity index (χ2v) is 7.01. The lowest BCUT2D eigenvalue weighted by atomic mass is 9.93. The number of nitrogens with zero attached hydrogens (tertiary/aromatic N) is 2. The Hall–Kier alpha value is -1.30. The van der Waals surface area contributed by atoms with Crippen LogP contribution in [0.5, 0.6) is 0 Å². The fraction of sp³-hybridized carbons (Fsp3) is 0.714. The van der Waals surface area contributed by atoms with Crippen molar-refractivity contribution in [2.24, 2.45) is 5.92 Å².